The second-order valence-corrected chi connectivity index (χ2v) is 4.79. The van der Waals surface area contributed by atoms with Crippen LogP contribution in [0.1, 0.15) is 30.3 Å². The van der Waals surface area contributed by atoms with Gasteiger partial charge in [-0.2, -0.15) is 0 Å². The highest BCUT2D eigenvalue weighted by atomic mass is 16.5. The van der Waals surface area contributed by atoms with E-state index in [1.165, 1.54) is 0 Å². The Hall–Kier alpha value is -1.49. The smallest absolute Gasteiger partial charge is 0.270 e. The van der Waals surface area contributed by atoms with Gasteiger partial charge in [0.1, 0.15) is 5.69 Å². The molecule has 0 bridgehead atoms. The first-order valence-corrected chi connectivity index (χ1v) is 6.44. The first kappa shape index (κ1) is 13.0. The fourth-order valence-electron chi connectivity index (χ4n) is 2.31. The lowest BCUT2D eigenvalue weighted by atomic mass is 10.2. The molecule has 1 aromatic heterocycles. The summed E-state index contributed by atoms with van der Waals surface area (Å²) >= 11 is 0. The zero-order valence-corrected chi connectivity index (χ0v) is 11.1. The largest absolute Gasteiger partial charge is 0.397 e. The van der Waals surface area contributed by atoms with Crippen molar-refractivity contribution >= 4 is 11.6 Å². The number of aromatic nitrogens is 1. The number of hydrogen-bond acceptors (Lipinski definition) is 3. The van der Waals surface area contributed by atoms with Crippen molar-refractivity contribution in [3.63, 3.8) is 0 Å². The van der Waals surface area contributed by atoms with Crippen molar-refractivity contribution in [1.82, 2.24) is 9.47 Å². The van der Waals surface area contributed by atoms with Gasteiger partial charge in [-0.25, -0.2) is 0 Å². The lowest BCUT2D eigenvalue weighted by molar-refractivity contribution is 0.0700. The topological polar surface area (TPSA) is 60.5 Å². The summed E-state index contributed by atoms with van der Waals surface area (Å²) in [5.41, 5.74) is 7.10. The quantitative estimate of drug-likeness (QED) is 0.878. The van der Waals surface area contributed by atoms with E-state index in [0.29, 0.717) is 18.0 Å². The number of amides is 1. The third-order valence-corrected chi connectivity index (χ3v) is 3.38. The highest BCUT2D eigenvalue weighted by Gasteiger charge is 2.26. The molecular weight excluding hydrogens is 230 g/mol. The number of likely N-dealkylation sites (N-methyl/N-ethyl adjacent to an activating group) is 1. The van der Waals surface area contributed by atoms with E-state index < -0.39 is 0 Å². The van der Waals surface area contributed by atoms with Gasteiger partial charge in [-0.3, -0.25) is 4.79 Å². The maximum atomic E-state index is 12.4. The molecule has 18 heavy (non-hydrogen) atoms. The number of carbonyl (C=O) groups is 1. The first-order chi connectivity index (χ1) is 8.63. The Balaban J connectivity index is 2.16. The standard InChI is InChI=1S/C13H21N3O2/c1-3-5-16-8-10(14)7-12(16)13(17)15(2)11-4-6-18-9-11/h7-8,11H,3-6,9,14H2,1-2H3. The van der Waals surface area contributed by atoms with Crippen LogP contribution in [-0.2, 0) is 11.3 Å². The monoisotopic (exact) mass is 251 g/mol. The molecule has 1 amide bonds. The van der Waals surface area contributed by atoms with Gasteiger partial charge in [0.05, 0.1) is 18.3 Å². The molecule has 1 saturated heterocycles. The Morgan fingerprint density at radius 2 is 2.44 bits per heavy atom. The van der Waals surface area contributed by atoms with Gasteiger partial charge in [0.25, 0.3) is 5.91 Å². The van der Waals surface area contributed by atoms with Crippen LogP contribution in [0, 0.1) is 0 Å². The highest BCUT2D eigenvalue weighted by molar-refractivity contribution is 5.93. The van der Waals surface area contributed by atoms with Crippen LogP contribution in [0.2, 0.25) is 0 Å². The van der Waals surface area contributed by atoms with Gasteiger partial charge in [0.15, 0.2) is 0 Å². The van der Waals surface area contributed by atoms with Crippen molar-refractivity contribution in [2.75, 3.05) is 26.0 Å². The molecule has 1 aromatic rings. The molecule has 1 fully saturated rings. The molecule has 0 aromatic carbocycles. The normalized spacial score (nSPS) is 19.1. The van der Waals surface area contributed by atoms with E-state index in [4.69, 9.17) is 10.5 Å². The lowest BCUT2D eigenvalue weighted by Gasteiger charge is -2.23. The van der Waals surface area contributed by atoms with Gasteiger partial charge in [-0.1, -0.05) is 6.92 Å². The summed E-state index contributed by atoms with van der Waals surface area (Å²) in [5.74, 6) is 0.0238. The van der Waals surface area contributed by atoms with Crippen molar-refractivity contribution in [2.24, 2.45) is 0 Å². The molecule has 2 rings (SSSR count). The molecule has 5 heteroatoms. The number of hydrogen-bond donors (Lipinski definition) is 1. The van der Waals surface area contributed by atoms with Gasteiger partial charge >= 0.3 is 0 Å². The van der Waals surface area contributed by atoms with Crippen LogP contribution in [0.25, 0.3) is 0 Å². The fraction of sp³-hybridized carbons (Fsp3) is 0.615. The minimum Gasteiger partial charge on any atom is -0.397 e. The van der Waals surface area contributed by atoms with Gasteiger partial charge in [-0.05, 0) is 18.9 Å². The number of nitrogens with zero attached hydrogens (tertiary/aromatic N) is 2. The van der Waals surface area contributed by atoms with Crippen molar-refractivity contribution in [3.8, 4) is 0 Å². The molecule has 1 aliphatic rings. The SMILES string of the molecule is CCCn1cc(N)cc1C(=O)N(C)C1CCOC1. The summed E-state index contributed by atoms with van der Waals surface area (Å²) in [7, 11) is 1.83. The molecule has 0 saturated carbocycles. The van der Waals surface area contributed by atoms with E-state index in [9.17, 15) is 4.79 Å². The second-order valence-electron chi connectivity index (χ2n) is 4.79. The minimum atomic E-state index is 0.0238. The van der Waals surface area contributed by atoms with Crippen molar-refractivity contribution in [3.05, 3.63) is 18.0 Å². The maximum Gasteiger partial charge on any atom is 0.270 e. The van der Waals surface area contributed by atoms with Crippen molar-refractivity contribution < 1.29 is 9.53 Å². The van der Waals surface area contributed by atoms with Crippen LogP contribution in [0.15, 0.2) is 12.3 Å². The number of aryl methyl sites for hydroxylation is 1. The molecule has 100 valence electrons. The third-order valence-electron chi connectivity index (χ3n) is 3.38. The summed E-state index contributed by atoms with van der Waals surface area (Å²) in [6.45, 7) is 4.26. The number of anilines is 1. The first-order valence-electron chi connectivity index (χ1n) is 6.44. The molecule has 1 unspecified atom stereocenters. The van der Waals surface area contributed by atoms with Crippen LogP contribution < -0.4 is 5.73 Å². The zero-order valence-electron chi connectivity index (χ0n) is 11.1. The molecular formula is C13H21N3O2. The predicted molar refractivity (Wildman–Crippen MR) is 70.5 cm³/mol. The Bertz CT molecular complexity index is 422. The summed E-state index contributed by atoms with van der Waals surface area (Å²) in [6.07, 6.45) is 3.71. The van der Waals surface area contributed by atoms with Gasteiger partial charge in [0.2, 0.25) is 0 Å². The molecule has 0 radical (unpaired) electrons. The van der Waals surface area contributed by atoms with E-state index in [1.807, 2.05) is 17.8 Å². The van der Waals surface area contributed by atoms with Crippen LogP contribution >= 0.6 is 0 Å². The number of carbonyl (C=O) groups excluding carboxylic acids is 1. The summed E-state index contributed by atoms with van der Waals surface area (Å²) in [6, 6.07) is 1.94. The molecule has 1 aliphatic heterocycles. The van der Waals surface area contributed by atoms with Crippen molar-refractivity contribution in [2.45, 2.75) is 32.4 Å². The van der Waals surface area contributed by atoms with E-state index in [0.717, 1.165) is 26.0 Å². The number of rotatable bonds is 4. The average Bonchev–Trinajstić information content (AvgIpc) is 2.97. The van der Waals surface area contributed by atoms with E-state index >= 15 is 0 Å². The van der Waals surface area contributed by atoms with Gasteiger partial charge in [0, 0.05) is 26.4 Å². The van der Waals surface area contributed by atoms with Crippen LogP contribution in [0.4, 0.5) is 5.69 Å². The van der Waals surface area contributed by atoms with E-state index in [1.54, 1.807) is 11.0 Å². The van der Waals surface area contributed by atoms with Crippen molar-refractivity contribution in [1.29, 1.82) is 0 Å². The number of nitrogen functional groups attached to an aromatic ring is 1. The maximum absolute atomic E-state index is 12.4. The summed E-state index contributed by atoms with van der Waals surface area (Å²) in [4.78, 5) is 14.2. The molecule has 2 heterocycles. The zero-order chi connectivity index (χ0) is 13.1. The molecule has 2 N–H and O–H groups in total. The van der Waals surface area contributed by atoms with Gasteiger partial charge < -0.3 is 19.9 Å². The molecule has 1 atom stereocenters. The third kappa shape index (κ3) is 2.51. The number of ether oxygens (including phenoxy) is 1. The molecule has 0 spiro atoms. The Kier molecular flexibility index (Phi) is 3.91. The molecule has 5 nitrogen and oxygen atoms in total. The molecule has 0 aliphatic carbocycles. The van der Waals surface area contributed by atoms with Crippen LogP contribution in [0.3, 0.4) is 0 Å². The second kappa shape index (κ2) is 5.44. The van der Waals surface area contributed by atoms with Crippen LogP contribution in [0.5, 0.6) is 0 Å². The van der Waals surface area contributed by atoms with Crippen LogP contribution in [-0.4, -0.2) is 41.7 Å². The highest BCUT2D eigenvalue weighted by Crippen LogP contribution is 2.17. The Morgan fingerprint density at radius 3 is 3.06 bits per heavy atom. The average molecular weight is 251 g/mol. The Morgan fingerprint density at radius 1 is 1.67 bits per heavy atom. The van der Waals surface area contributed by atoms with E-state index in [2.05, 4.69) is 6.92 Å². The Labute approximate surface area is 108 Å². The van der Waals surface area contributed by atoms with E-state index in [-0.39, 0.29) is 11.9 Å². The predicted octanol–water partition coefficient (Wildman–Crippen LogP) is 1.34. The van der Waals surface area contributed by atoms with Gasteiger partial charge in [-0.15, -0.1) is 0 Å². The fourth-order valence-corrected chi connectivity index (χ4v) is 2.31. The summed E-state index contributed by atoms with van der Waals surface area (Å²) in [5, 5.41) is 0. The lowest BCUT2D eigenvalue weighted by Crippen LogP contribution is -2.38. The minimum absolute atomic E-state index is 0.0238. The number of nitrogens with two attached hydrogens (primary N) is 1. The summed E-state index contributed by atoms with van der Waals surface area (Å²) < 4.78 is 7.26.